The molecule has 0 spiro atoms. The maximum absolute atomic E-state index is 13.1. The molecule has 1 amide bonds. The number of hydroxylamine groups is 1. The van der Waals surface area contributed by atoms with E-state index >= 15 is 0 Å². The van der Waals surface area contributed by atoms with Crippen LogP contribution in [0.2, 0.25) is 0 Å². The highest BCUT2D eigenvalue weighted by Gasteiger charge is 2.39. The van der Waals surface area contributed by atoms with Crippen LogP contribution in [0.1, 0.15) is 46.4 Å². The monoisotopic (exact) mass is 497 g/mol. The Bertz CT molecular complexity index is 1400. The van der Waals surface area contributed by atoms with Crippen LogP contribution in [-0.4, -0.2) is 41.4 Å². The molecular weight excluding hydrogens is 466 g/mol. The van der Waals surface area contributed by atoms with Crippen LogP contribution in [0.5, 0.6) is 5.75 Å². The number of hydrogen-bond acceptors (Lipinski definition) is 6. The predicted molar refractivity (Wildman–Crippen MR) is 133 cm³/mol. The fourth-order valence-corrected chi connectivity index (χ4v) is 6.26. The molecular formula is C26H31N3O5S. The average Bonchev–Trinajstić information content (AvgIpc) is 3.35. The van der Waals surface area contributed by atoms with Crippen molar-refractivity contribution >= 4 is 26.8 Å². The molecule has 2 heterocycles. The van der Waals surface area contributed by atoms with Gasteiger partial charge in [0.05, 0.1) is 10.4 Å². The normalized spacial score (nSPS) is 16.6. The van der Waals surface area contributed by atoms with E-state index in [1.165, 1.54) is 23.3 Å². The van der Waals surface area contributed by atoms with Gasteiger partial charge < -0.3 is 4.74 Å². The average molecular weight is 498 g/mol. The first-order valence-electron chi connectivity index (χ1n) is 11.6. The second-order valence-electron chi connectivity index (χ2n) is 9.17. The van der Waals surface area contributed by atoms with E-state index in [-0.39, 0.29) is 18.0 Å². The number of aryl methyl sites for hydroxylation is 3. The molecule has 8 nitrogen and oxygen atoms in total. The molecule has 2 aromatic carbocycles. The summed E-state index contributed by atoms with van der Waals surface area (Å²) in [6, 6.07) is 7.69. The van der Waals surface area contributed by atoms with Gasteiger partial charge in [0.15, 0.2) is 0 Å². The molecule has 0 saturated carbocycles. The number of nitrogens with one attached hydrogen (secondary N) is 1. The zero-order chi connectivity index (χ0) is 25.5. The molecule has 1 atom stereocenters. The van der Waals surface area contributed by atoms with Crippen molar-refractivity contribution in [3.63, 3.8) is 0 Å². The third-order valence-corrected chi connectivity index (χ3v) is 8.98. The van der Waals surface area contributed by atoms with Gasteiger partial charge in [-0.05, 0) is 87.9 Å². The Labute approximate surface area is 205 Å². The predicted octanol–water partition coefficient (Wildman–Crippen LogP) is 4.01. The van der Waals surface area contributed by atoms with Gasteiger partial charge in [0.2, 0.25) is 10.0 Å². The number of aromatic nitrogens is 1. The van der Waals surface area contributed by atoms with E-state index in [4.69, 9.17) is 14.9 Å². The van der Waals surface area contributed by atoms with Crippen molar-refractivity contribution in [2.75, 3.05) is 6.54 Å². The maximum atomic E-state index is 13.1. The van der Waals surface area contributed by atoms with Crippen LogP contribution in [0.15, 0.2) is 35.2 Å². The number of amides is 1. The first kappa shape index (κ1) is 25.1. The number of fused-ring (bicyclic) bond motifs is 1. The molecule has 1 unspecified atom stereocenters. The number of sulfonamides is 1. The van der Waals surface area contributed by atoms with E-state index in [1.54, 1.807) is 17.6 Å². The third kappa shape index (κ3) is 4.51. The zero-order valence-corrected chi connectivity index (χ0v) is 21.5. The Morgan fingerprint density at radius 2 is 1.80 bits per heavy atom. The van der Waals surface area contributed by atoms with Gasteiger partial charge in [-0.3, -0.25) is 15.0 Å². The molecule has 186 valence electrons. The fourth-order valence-electron chi connectivity index (χ4n) is 4.60. The highest BCUT2D eigenvalue weighted by molar-refractivity contribution is 7.89. The van der Waals surface area contributed by atoms with Crippen molar-refractivity contribution in [2.45, 2.75) is 65.0 Å². The van der Waals surface area contributed by atoms with Gasteiger partial charge in [0.1, 0.15) is 18.4 Å². The van der Waals surface area contributed by atoms with Gasteiger partial charge in [-0.15, -0.1) is 0 Å². The molecule has 1 saturated heterocycles. The molecule has 1 aliphatic heterocycles. The topological polar surface area (TPSA) is 109 Å². The Morgan fingerprint density at radius 3 is 2.46 bits per heavy atom. The molecule has 0 bridgehead atoms. The summed E-state index contributed by atoms with van der Waals surface area (Å²) in [5.41, 5.74) is 8.73. The summed E-state index contributed by atoms with van der Waals surface area (Å²) in [6.45, 7) is 10.7. The molecule has 1 aliphatic rings. The molecule has 0 radical (unpaired) electrons. The molecule has 0 aliphatic carbocycles. The lowest BCUT2D eigenvalue weighted by Crippen LogP contribution is -2.44. The van der Waals surface area contributed by atoms with Gasteiger partial charge >= 0.3 is 0 Å². The SMILES string of the molecule is Cc1cc2c(OCc3ccc(S(=O)(=O)N4CCCC4C(=O)NO)cc3)c(C)c(C)nc2c(C)c1C. The summed E-state index contributed by atoms with van der Waals surface area (Å²) < 4.78 is 33.6. The fraction of sp³-hybridized carbons (Fsp3) is 0.385. The molecule has 35 heavy (non-hydrogen) atoms. The van der Waals surface area contributed by atoms with Crippen molar-refractivity contribution < 1.29 is 23.2 Å². The van der Waals surface area contributed by atoms with Gasteiger partial charge in [0, 0.05) is 23.2 Å². The minimum Gasteiger partial charge on any atom is -0.488 e. The number of ether oxygens (including phenoxy) is 1. The number of hydrogen-bond donors (Lipinski definition) is 2. The maximum Gasteiger partial charge on any atom is 0.261 e. The second kappa shape index (κ2) is 9.56. The summed E-state index contributed by atoms with van der Waals surface area (Å²) in [5.74, 6) is 0.0670. The number of nitrogens with zero attached hydrogens (tertiary/aromatic N) is 2. The first-order chi connectivity index (χ1) is 16.6. The number of carbonyl (C=O) groups excluding carboxylic acids is 1. The second-order valence-corrected chi connectivity index (χ2v) is 11.1. The van der Waals surface area contributed by atoms with Crippen LogP contribution < -0.4 is 10.2 Å². The zero-order valence-electron chi connectivity index (χ0n) is 20.7. The highest BCUT2D eigenvalue weighted by atomic mass is 32.2. The first-order valence-corrected chi connectivity index (χ1v) is 13.1. The quantitative estimate of drug-likeness (QED) is 0.393. The smallest absolute Gasteiger partial charge is 0.261 e. The van der Waals surface area contributed by atoms with Crippen molar-refractivity contribution in [3.05, 3.63) is 63.8 Å². The number of pyridine rings is 1. The third-order valence-electron chi connectivity index (χ3n) is 7.06. The molecule has 9 heteroatoms. The largest absolute Gasteiger partial charge is 0.488 e. The van der Waals surface area contributed by atoms with Crippen LogP contribution in [0.25, 0.3) is 10.9 Å². The molecule has 2 N–H and O–H groups in total. The molecule has 1 aromatic heterocycles. The summed E-state index contributed by atoms with van der Waals surface area (Å²) in [5, 5.41) is 9.91. The van der Waals surface area contributed by atoms with Crippen molar-refractivity contribution in [1.29, 1.82) is 0 Å². The van der Waals surface area contributed by atoms with Gasteiger partial charge in [0.25, 0.3) is 5.91 Å². The Morgan fingerprint density at radius 1 is 1.11 bits per heavy atom. The van der Waals surface area contributed by atoms with E-state index in [2.05, 4.69) is 26.8 Å². The Kier molecular flexibility index (Phi) is 6.86. The number of rotatable bonds is 6. The molecule has 4 rings (SSSR count). The van der Waals surface area contributed by atoms with Gasteiger partial charge in [-0.2, -0.15) is 4.31 Å². The number of carbonyl (C=O) groups is 1. The van der Waals surface area contributed by atoms with Crippen molar-refractivity contribution in [3.8, 4) is 5.75 Å². The van der Waals surface area contributed by atoms with E-state index in [0.717, 1.165) is 43.3 Å². The van der Waals surface area contributed by atoms with Gasteiger partial charge in [-0.1, -0.05) is 12.1 Å². The van der Waals surface area contributed by atoms with Crippen molar-refractivity contribution in [2.24, 2.45) is 0 Å². The minimum atomic E-state index is -3.87. The van der Waals surface area contributed by atoms with E-state index in [0.29, 0.717) is 12.8 Å². The standard InChI is InChI=1S/C26H31N3O5S/c1-15-13-22-24(17(3)16(15)2)27-19(5)18(4)25(22)34-14-20-8-10-21(11-9-20)35(32,33)29-12-6-7-23(29)26(30)28-31/h8-11,13,23,31H,6-7,12,14H2,1-5H3,(H,28,30). The Hall–Kier alpha value is -3.01. The van der Waals surface area contributed by atoms with E-state index in [1.807, 2.05) is 13.8 Å². The molecule has 3 aromatic rings. The van der Waals surface area contributed by atoms with E-state index in [9.17, 15) is 13.2 Å². The van der Waals surface area contributed by atoms with Crippen molar-refractivity contribution in [1.82, 2.24) is 14.8 Å². The van der Waals surface area contributed by atoms with Gasteiger partial charge in [-0.25, -0.2) is 13.9 Å². The lowest BCUT2D eigenvalue weighted by Gasteiger charge is -2.22. The Balaban J connectivity index is 1.59. The molecule has 1 fully saturated rings. The van der Waals surface area contributed by atoms with Crippen LogP contribution in [0, 0.1) is 34.6 Å². The lowest BCUT2D eigenvalue weighted by atomic mass is 9.98. The van der Waals surface area contributed by atoms with E-state index < -0.39 is 22.0 Å². The van der Waals surface area contributed by atoms with Crippen LogP contribution in [0.4, 0.5) is 0 Å². The highest BCUT2D eigenvalue weighted by Crippen LogP contribution is 2.35. The van der Waals surface area contributed by atoms with Crippen LogP contribution >= 0.6 is 0 Å². The lowest BCUT2D eigenvalue weighted by molar-refractivity contribution is -0.132. The summed E-state index contributed by atoms with van der Waals surface area (Å²) in [4.78, 5) is 16.8. The minimum absolute atomic E-state index is 0.0991. The summed E-state index contributed by atoms with van der Waals surface area (Å²) >= 11 is 0. The summed E-state index contributed by atoms with van der Waals surface area (Å²) in [7, 11) is -3.87. The van der Waals surface area contributed by atoms with Crippen LogP contribution in [0.3, 0.4) is 0 Å². The number of benzene rings is 2. The summed E-state index contributed by atoms with van der Waals surface area (Å²) in [6.07, 6.45) is 0.926. The van der Waals surface area contributed by atoms with Crippen LogP contribution in [-0.2, 0) is 21.4 Å².